The van der Waals surface area contributed by atoms with E-state index in [1.54, 1.807) is 11.8 Å². The van der Waals surface area contributed by atoms with Crippen molar-refractivity contribution in [2.75, 3.05) is 20.2 Å². The van der Waals surface area contributed by atoms with Crippen LogP contribution in [-0.4, -0.2) is 42.8 Å². The molecule has 1 atom stereocenters. The minimum Gasteiger partial charge on any atom is -0.466 e. The summed E-state index contributed by atoms with van der Waals surface area (Å²) in [5.74, 6) is 0.0246. The zero-order valence-electron chi connectivity index (χ0n) is 15.7. The van der Waals surface area contributed by atoms with E-state index in [0.29, 0.717) is 18.6 Å². The van der Waals surface area contributed by atoms with Gasteiger partial charge in [0.1, 0.15) is 5.84 Å². The molecule has 6 heteroatoms. The monoisotopic (exact) mass is 359 g/mol. The smallest absolute Gasteiger partial charge is 0.305 e. The van der Waals surface area contributed by atoms with Crippen molar-refractivity contribution in [3.05, 3.63) is 35.4 Å². The number of amides is 1. The van der Waals surface area contributed by atoms with Crippen LogP contribution in [0.25, 0.3) is 0 Å². The summed E-state index contributed by atoms with van der Waals surface area (Å²) < 4.78 is 4.95. The molecule has 1 amide bonds. The number of likely N-dealkylation sites (tertiary alicyclic amines) is 1. The Morgan fingerprint density at radius 2 is 1.96 bits per heavy atom. The van der Waals surface area contributed by atoms with Gasteiger partial charge in [-0.25, -0.2) is 0 Å². The quantitative estimate of drug-likeness (QED) is 0.306. The third-order valence-corrected chi connectivity index (χ3v) is 5.17. The van der Waals surface area contributed by atoms with Crippen LogP contribution in [0.3, 0.4) is 0 Å². The standard InChI is InChI=1S/C20H29N3O3/c1-3-26-17(24)7-5-4-6-12-20(13-14-23(2)19(20)25)16-10-8-15(9-11-16)18(21)22/h8-11H,3-7,12-14H2,1-2H3,(H3,21,22). The van der Waals surface area contributed by atoms with Crippen molar-refractivity contribution in [2.45, 2.75) is 50.9 Å². The molecule has 1 heterocycles. The van der Waals surface area contributed by atoms with Gasteiger partial charge in [0, 0.05) is 25.6 Å². The van der Waals surface area contributed by atoms with Crippen molar-refractivity contribution in [3.63, 3.8) is 0 Å². The number of esters is 1. The normalized spacial score (nSPS) is 19.6. The van der Waals surface area contributed by atoms with Crippen LogP contribution in [0.4, 0.5) is 0 Å². The Morgan fingerprint density at radius 1 is 1.27 bits per heavy atom. The topological polar surface area (TPSA) is 96.5 Å². The van der Waals surface area contributed by atoms with E-state index < -0.39 is 5.41 Å². The van der Waals surface area contributed by atoms with Gasteiger partial charge in [-0.1, -0.05) is 37.1 Å². The number of nitrogens with two attached hydrogens (primary N) is 1. The van der Waals surface area contributed by atoms with Crippen molar-refractivity contribution < 1.29 is 14.3 Å². The fourth-order valence-electron chi connectivity index (χ4n) is 3.65. The van der Waals surface area contributed by atoms with Crippen LogP contribution in [-0.2, 0) is 19.7 Å². The van der Waals surface area contributed by atoms with Gasteiger partial charge in [-0.3, -0.25) is 15.0 Å². The zero-order chi connectivity index (χ0) is 19.2. The van der Waals surface area contributed by atoms with E-state index in [-0.39, 0.29) is 17.7 Å². The van der Waals surface area contributed by atoms with Gasteiger partial charge in [0.2, 0.25) is 5.91 Å². The van der Waals surface area contributed by atoms with Crippen molar-refractivity contribution in [3.8, 4) is 0 Å². The van der Waals surface area contributed by atoms with Gasteiger partial charge in [-0.2, -0.15) is 0 Å². The molecule has 0 bridgehead atoms. The third-order valence-electron chi connectivity index (χ3n) is 5.17. The molecule has 2 rings (SSSR count). The second-order valence-electron chi connectivity index (χ2n) is 6.92. The number of unbranched alkanes of at least 4 members (excludes halogenated alkanes) is 2. The summed E-state index contributed by atoms with van der Waals surface area (Å²) in [5.41, 5.74) is 6.68. The summed E-state index contributed by atoms with van der Waals surface area (Å²) in [7, 11) is 1.84. The van der Waals surface area contributed by atoms with Gasteiger partial charge in [0.05, 0.1) is 12.0 Å². The summed E-state index contributed by atoms with van der Waals surface area (Å²) in [6.07, 6.45) is 4.54. The number of likely N-dealkylation sites (N-methyl/N-ethyl adjacent to an activating group) is 1. The third kappa shape index (κ3) is 4.42. The van der Waals surface area contributed by atoms with E-state index in [1.165, 1.54) is 0 Å². The predicted molar refractivity (Wildman–Crippen MR) is 101 cm³/mol. The number of rotatable bonds is 9. The Labute approximate surface area is 155 Å². The molecule has 1 aliphatic rings. The second-order valence-corrected chi connectivity index (χ2v) is 6.92. The number of benzene rings is 1. The molecule has 1 aliphatic heterocycles. The van der Waals surface area contributed by atoms with Gasteiger partial charge in [-0.05, 0) is 31.7 Å². The first-order chi connectivity index (χ1) is 12.4. The average molecular weight is 359 g/mol. The lowest BCUT2D eigenvalue weighted by molar-refractivity contribution is -0.143. The van der Waals surface area contributed by atoms with Gasteiger partial charge < -0.3 is 15.4 Å². The first kappa shape index (κ1) is 19.9. The molecule has 26 heavy (non-hydrogen) atoms. The van der Waals surface area contributed by atoms with Crippen molar-refractivity contribution in [1.29, 1.82) is 5.41 Å². The summed E-state index contributed by atoms with van der Waals surface area (Å²) in [4.78, 5) is 26.1. The Morgan fingerprint density at radius 3 is 2.50 bits per heavy atom. The summed E-state index contributed by atoms with van der Waals surface area (Å²) in [5, 5.41) is 7.52. The predicted octanol–water partition coefficient (Wildman–Crippen LogP) is 2.58. The van der Waals surface area contributed by atoms with E-state index in [1.807, 2.05) is 31.3 Å². The summed E-state index contributed by atoms with van der Waals surface area (Å²) >= 11 is 0. The Kier molecular flexibility index (Phi) is 6.77. The molecule has 6 nitrogen and oxygen atoms in total. The van der Waals surface area contributed by atoms with Crippen LogP contribution in [0.1, 0.15) is 56.6 Å². The van der Waals surface area contributed by atoms with Gasteiger partial charge >= 0.3 is 5.97 Å². The molecule has 1 saturated heterocycles. The lowest BCUT2D eigenvalue weighted by atomic mass is 9.74. The van der Waals surface area contributed by atoms with E-state index in [9.17, 15) is 9.59 Å². The Bertz CT molecular complexity index is 657. The highest BCUT2D eigenvalue weighted by Crippen LogP contribution is 2.40. The molecule has 1 aromatic carbocycles. The van der Waals surface area contributed by atoms with Gasteiger partial charge in [-0.15, -0.1) is 0 Å². The first-order valence-electron chi connectivity index (χ1n) is 9.27. The number of nitrogen functional groups attached to an aromatic ring is 1. The number of ether oxygens (including phenoxy) is 1. The number of carbonyl (C=O) groups excluding carboxylic acids is 2. The number of nitrogens with zero attached hydrogens (tertiary/aromatic N) is 1. The van der Waals surface area contributed by atoms with Crippen LogP contribution < -0.4 is 5.73 Å². The van der Waals surface area contributed by atoms with E-state index in [0.717, 1.165) is 44.2 Å². The maximum Gasteiger partial charge on any atom is 0.305 e. The maximum absolute atomic E-state index is 12.9. The number of amidine groups is 1. The molecule has 0 aromatic heterocycles. The lowest BCUT2D eigenvalue weighted by Crippen LogP contribution is -2.36. The van der Waals surface area contributed by atoms with E-state index in [2.05, 4.69) is 0 Å². The van der Waals surface area contributed by atoms with Crippen molar-refractivity contribution in [2.24, 2.45) is 5.73 Å². The van der Waals surface area contributed by atoms with E-state index >= 15 is 0 Å². The lowest BCUT2D eigenvalue weighted by Gasteiger charge is -2.28. The SMILES string of the molecule is CCOC(=O)CCCCCC1(c2ccc(C(=N)N)cc2)CCN(C)C1=O. The fraction of sp³-hybridized carbons (Fsp3) is 0.550. The molecule has 0 aliphatic carbocycles. The largest absolute Gasteiger partial charge is 0.466 e. The number of hydrogen-bond acceptors (Lipinski definition) is 4. The average Bonchev–Trinajstić information content (AvgIpc) is 2.91. The molecule has 0 spiro atoms. The maximum atomic E-state index is 12.9. The van der Waals surface area contributed by atoms with Crippen LogP contribution in [0.2, 0.25) is 0 Å². The minimum absolute atomic E-state index is 0.0273. The molecule has 142 valence electrons. The minimum atomic E-state index is -0.506. The number of hydrogen-bond donors (Lipinski definition) is 2. The molecule has 0 saturated carbocycles. The van der Waals surface area contributed by atoms with Crippen LogP contribution in [0.5, 0.6) is 0 Å². The number of carbonyl (C=O) groups is 2. The summed E-state index contributed by atoms with van der Waals surface area (Å²) in [6, 6.07) is 7.47. The highest BCUT2D eigenvalue weighted by atomic mass is 16.5. The molecule has 1 aromatic rings. The Balaban J connectivity index is 2.03. The molecular formula is C20H29N3O3. The van der Waals surface area contributed by atoms with Crippen LogP contribution >= 0.6 is 0 Å². The van der Waals surface area contributed by atoms with Crippen LogP contribution in [0, 0.1) is 5.41 Å². The first-order valence-corrected chi connectivity index (χ1v) is 9.27. The molecule has 1 unspecified atom stereocenters. The van der Waals surface area contributed by atoms with E-state index in [4.69, 9.17) is 15.9 Å². The molecule has 3 N–H and O–H groups in total. The summed E-state index contributed by atoms with van der Waals surface area (Å²) in [6.45, 7) is 2.97. The van der Waals surface area contributed by atoms with Crippen molar-refractivity contribution >= 4 is 17.7 Å². The second kappa shape index (κ2) is 8.83. The number of nitrogens with one attached hydrogen (secondary N) is 1. The highest BCUT2D eigenvalue weighted by Gasteiger charge is 2.45. The van der Waals surface area contributed by atoms with Gasteiger partial charge in [0.25, 0.3) is 0 Å². The Hall–Kier alpha value is -2.37. The van der Waals surface area contributed by atoms with Gasteiger partial charge in [0.15, 0.2) is 0 Å². The molecule has 1 fully saturated rings. The zero-order valence-corrected chi connectivity index (χ0v) is 15.7. The van der Waals surface area contributed by atoms with Crippen LogP contribution in [0.15, 0.2) is 24.3 Å². The fourth-order valence-corrected chi connectivity index (χ4v) is 3.65. The molecular weight excluding hydrogens is 330 g/mol. The highest BCUT2D eigenvalue weighted by molar-refractivity contribution is 5.95. The van der Waals surface area contributed by atoms with Crippen molar-refractivity contribution in [1.82, 2.24) is 4.90 Å². The molecule has 0 radical (unpaired) electrons.